The van der Waals surface area contributed by atoms with Crippen molar-refractivity contribution in [1.82, 2.24) is 0 Å². The van der Waals surface area contributed by atoms with Crippen molar-refractivity contribution in [3.05, 3.63) is 35.2 Å². The van der Waals surface area contributed by atoms with Gasteiger partial charge in [0.05, 0.1) is 5.69 Å². The molecule has 5 heteroatoms. The second kappa shape index (κ2) is 4.47. The van der Waals surface area contributed by atoms with Crippen LogP contribution in [0.5, 0.6) is 5.75 Å². The van der Waals surface area contributed by atoms with E-state index in [0.717, 1.165) is 16.2 Å². The topological polar surface area (TPSA) is 69.6 Å². The lowest BCUT2D eigenvalue weighted by atomic mass is 10.1. The molecule has 0 bridgehead atoms. The fraction of sp³-hybridized carbons (Fsp3) is 0.0833. The Morgan fingerprint density at radius 3 is 2.65 bits per heavy atom. The van der Waals surface area contributed by atoms with Gasteiger partial charge in [0.25, 0.3) is 0 Å². The van der Waals surface area contributed by atoms with Crippen LogP contribution in [0.1, 0.15) is 9.67 Å². The van der Waals surface area contributed by atoms with E-state index in [4.69, 9.17) is 5.11 Å². The summed E-state index contributed by atoms with van der Waals surface area (Å²) in [5, 5.41) is 21.7. The molecule has 0 aliphatic rings. The third kappa shape index (κ3) is 2.09. The largest absolute Gasteiger partial charge is 0.505 e. The molecular weight excluding hydrogens is 238 g/mol. The number of anilines is 1. The van der Waals surface area contributed by atoms with E-state index in [1.54, 1.807) is 31.3 Å². The van der Waals surface area contributed by atoms with Crippen molar-refractivity contribution >= 4 is 23.0 Å². The van der Waals surface area contributed by atoms with Gasteiger partial charge in [-0.15, -0.1) is 11.3 Å². The van der Waals surface area contributed by atoms with Crippen molar-refractivity contribution in [2.24, 2.45) is 0 Å². The molecule has 0 atom stereocenters. The number of hydrogen-bond donors (Lipinski definition) is 3. The molecule has 3 N–H and O–H groups in total. The predicted molar refractivity (Wildman–Crippen MR) is 67.9 cm³/mol. The fourth-order valence-corrected chi connectivity index (χ4v) is 2.41. The van der Waals surface area contributed by atoms with Crippen molar-refractivity contribution in [2.75, 3.05) is 12.4 Å². The van der Waals surface area contributed by atoms with Crippen LogP contribution in [-0.2, 0) is 0 Å². The Labute approximate surface area is 102 Å². The second-order valence-corrected chi connectivity index (χ2v) is 4.50. The van der Waals surface area contributed by atoms with E-state index >= 15 is 0 Å². The van der Waals surface area contributed by atoms with E-state index in [2.05, 4.69) is 5.32 Å². The van der Waals surface area contributed by atoms with Crippen molar-refractivity contribution < 1.29 is 15.0 Å². The predicted octanol–water partition coefficient (Wildman–Crippen LogP) is 2.86. The number of carboxylic acid groups (broad SMARTS) is 1. The summed E-state index contributed by atoms with van der Waals surface area (Å²) >= 11 is 1.14. The lowest BCUT2D eigenvalue weighted by molar-refractivity contribution is 0.0702. The molecule has 0 fully saturated rings. The SMILES string of the molecule is CNc1cccc(-c2ccc(C(=O)O)s2)c1O. The minimum atomic E-state index is -0.953. The zero-order chi connectivity index (χ0) is 12.4. The van der Waals surface area contributed by atoms with Gasteiger partial charge in [-0.3, -0.25) is 0 Å². The molecule has 1 aromatic carbocycles. The Balaban J connectivity index is 2.49. The Morgan fingerprint density at radius 2 is 2.06 bits per heavy atom. The molecule has 0 unspecified atom stereocenters. The highest BCUT2D eigenvalue weighted by molar-refractivity contribution is 7.17. The van der Waals surface area contributed by atoms with Gasteiger partial charge in [-0.05, 0) is 24.3 Å². The Bertz CT molecular complexity index is 563. The van der Waals surface area contributed by atoms with E-state index in [1.165, 1.54) is 6.07 Å². The van der Waals surface area contributed by atoms with Crippen LogP contribution in [0.15, 0.2) is 30.3 Å². The first kappa shape index (κ1) is 11.5. The minimum absolute atomic E-state index is 0.133. The molecule has 0 spiro atoms. The molecule has 0 radical (unpaired) electrons. The van der Waals surface area contributed by atoms with Gasteiger partial charge in [0, 0.05) is 17.5 Å². The highest BCUT2D eigenvalue weighted by Gasteiger charge is 2.12. The second-order valence-electron chi connectivity index (χ2n) is 3.42. The monoisotopic (exact) mass is 249 g/mol. The molecule has 0 saturated carbocycles. The summed E-state index contributed by atoms with van der Waals surface area (Å²) < 4.78 is 0. The number of aromatic carboxylic acids is 1. The first-order valence-corrected chi connectivity index (χ1v) is 5.78. The summed E-state index contributed by atoms with van der Waals surface area (Å²) in [7, 11) is 1.72. The van der Waals surface area contributed by atoms with Crippen molar-refractivity contribution in [1.29, 1.82) is 0 Å². The van der Waals surface area contributed by atoms with E-state index in [1.807, 2.05) is 0 Å². The van der Waals surface area contributed by atoms with Gasteiger partial charge in [0.15, 0.2) is 0 Å². The van der Waals surface area contributed by atoms with E-state index in [-0.39, 0.29) is 10.6 Å². The number of phenolic OH excluding ortho intramolecular Hbond substituents is 1. The number of para-hydroxylation sites is 1. The molecule has 17 heavy (non-hydrogen) atoms. The van der Waals surface area contributed by atoms with Gasteiger partial charge in [-0.1, -0.05) is 6.07 Å². The summed E-state index contributed by atoms with van der Waals surface area (Å²) in [6.07, 6.45) is 0. The zero-order valence-electron chi connectivity index (χ0n) is 9.10. The van der Waals surface area contributed by atoms with Crippen LogP contribution in [0.25, 0.3) is 10.4 Å². The summed E-state index contributed by atoms with van der Waals surface area (Å²) in [5.74, 6) is -0.820. The van der Waals surface area contributed by atoms with Crippen LogP contribution in [0.3, 0.4) is 0 Å². The quantitative estimate of drug-likeness (QED) is 0.731. The molecule has 0 amide bonds. The summed E-state index contributed by atoms with van der Waals surface area (Å²) in [6, 6.07) is 8.55. The lowest BCUT2D eigenvalue weighted by Crippen LogP contribution is -1.90. The number of carbonyl (C=O) groups is 1. The van der Waals surface area contributed by atoms with Crippen LogP contribution >= 0.6 is 11.3 Å². The Kier molecular flexibility index (Phi) is 3.01. The number of hydrogen-bond acceptors (Lipinski definition) is 4. The van der Waals surface area contributed by atoms with Crippen molar-refractivity contribution in [3.8, 4) is 16.2 Å². The first-order valence-electron chi connectivity index (χ1n) is 4.96. The lowest BCUT2D eigenvalue weighted by Gasteiger charge is -2.07. The molecular formula is C12H11NO3S. The number of nitrogens with one attached hydrogen (secondary N) is 1. The number of phenols is 1. The van der Waals surface area contributed by atoms with Crippen LogP contribution in [0.2, 0.25) is 0 Å². The maximum absolute atomic E-state index is 10.8. The number of aromatic hydroxyl groups is 1. The number of benzene rings is 1. The van der Waals surface area contributed by atoms with Gasteiger partial charge in [0.1, 0.15) is 10.6 Å². The molecule has 1 heterocycles. The molecule has 0 saturated heterocycles. The molecule has 1 aromatic heterocycles. The molecule has 0 aliphatic heterocycles. The highest BCUT2D eigenvalue weighted by atomic mass is 32.1. The number of rotatable bonds is 3. The van der Waals surface area contributed by atoms with Crippen molar-refractivity contribution in [2.45, 2.75) is 0 Å². The Morgan fingerprint density at radius 1 is 1.29 bits per heavy atom. The maximum Gasteiger partial charge on any atom is 0.345 e. The van der Waals surface area contributed by atoms with Crippen molar-refractivity contribution in [3.63, 3.8) is 0 Å². The van der Waals surface area contributed by atoms with Crippen LogP contribution in [0, 0.1) is 0 Å². The van der Waals surface area contributed by atoms with Gasteiger partial charge in [0.2, 0.25) is 0 Å². The third-order valence-electron chi connectivity index (χ3n) is 2.39. The summed E-state index contributed by atoms with van der Waals surface area (Å²) in [6.45, 7) is 0. The van der Waals surface area contributed by atoms with Gasteiger partial charge < -0.3 is 15.5 Å². The smallest absolute Gasteiger partial charge is 0.345 e. The molecule has 2 rings (SSSR count). The van der Waals surface area contributed by atoms with Gasteiger partial charge >= 0.3 is 5.97 Å². The number of carboxylic acids is 1. The molecule has 0 aliphatic carbocycles. The molecule has 2 aromatic rings. The van der Waals surface area contributed by atoms with Gasteiger partial charge in [-0.2, -0.15) is 0 Å². The van der Waals surface area contributed by atoms with E-state index in [0.29, 0.717) is 11.3 Å². The van der Waals surface area contributed by atoms with Crippen LogP contribution in [-0.4, -0.2) is 23.2 Å². The zero-order valence-corrected chi connectivity index (χ0v) is 9.91. The molecule has 4 nitrogen and oxygen atoms in total. The normalized spacial score (nSPS) is 10.2. The number of thiophene rings is 1. The molecule has 88 valence electrons. The van der Waals surface area contributed by atoms with Gasteiger partial charge in [-0.25, -0.2) is 4.79 Å². The average Bonchev–Trinajstić information content (AvgIpc) is 2.78. The highest BCUT2D eigenvalue weighted by Crippen LogP contribution is 2.38. The third-order valence-corrected chi connectivity index (χ3v) is 3.49. The van der Waals surface area contributed by atoms with Crippen LogP contribution < -0.4 is 5.32 Å². The van der Waals surface area contributed by atoms with E-state index < -0.39 is 5.97 Å². The van der Waals surface area contributed by atoms with Crippen LogP contribution in [0.4, 0.5) is 5.69 Å². The maximum atomic E-state index is 10.8. The summed E-state index contributed by atoms with van der Waals surface area (Å²) in [4.78, 5) is 11.8. The minimum Gasteiger partial charge on any atom is -0.505 e. The average molecular weight is 249 g/mol. The Hall–Kier alpha value is -2.01. The van der Waals surface area contributed by atoms with E-state index in [9.17, 15) is 9.90 Å². The standard InChI is InChI=1S/C12H11NO3S/c1-13-8-4-2-3-7(11(8)14)9-5-6-10(17-9)12(15)16/h2-6,13-14H,1H3,(H,15,16). The first-order chi connectivity index (χ1) is 8.13. The summed E-state index contributed by atoms with van der Waals surface area (Å²) in [5.41, 5.74) is 1.25. The fourth-order valence-electron chi connectivity index (χ4n) is 1.54.